The minimum absolute atomic E-state index is 0.262. The molecule has 2 fully saturated rings. The van der Waals surface area contributed by atoms with Crippen molar-refractivity contribution in [3.05, 3.63) is 0 Å². The van der Waals surface area contributed by atoms with Crippen molar-refractivity contribution in [3.63, 3.8) is 0 Å². The van der Waals surface area contributed by atoms with Crippen LogP contribution in [0.3, 0.4) is 0 Å². The summed E-state index contributed by atoms with van der Waals surface area (Å²) in [5, 5.41) is 12.3. The molecule has 0 amide bonds. The van der Waals surface area contributed by atoms with Crippen molar-refractivity contribution in [3.8, 4) is 0 Å². The maximum atomic E-state index is 9.15. The molecule has 0 bridgehead atoms. The van der Waals surface area contributed by atoms with Crippen LogP contribution in [0, 0.1) is 5.92 Å². The Bertz CT molecular complexity index is 206. The van der Waals surface area contributed by atoms with E-state index in [1.807, 2.05) is 7.05 Å². The van der Waals surface area contributed by atoms with E-state index in [0.717, 1.165) is 24.9 Å². The van der Waals surface area contributed by atoms with E-state index in [-0.39, 0.29) is 12.6 Å². The lowest BCUT2D eigenvalue weighted by atomic mass is 9.85. The lowest BCUT2D eigenvalue weighted by Crippen LogP contribution is -2.39. The van der Waals surface area contributed by atoms with E-state index in [4.69, 9.17) is 5.11 Å². The number of nitrogens with zero attached hydrogens (tertiary/aromatic N) is 1. The smallest absolute Gasteiger partial charge is 0.0585 e. The van der Waals surface area contributed by atoms with Gasteiger partial charge in [-0.3, -0.25) is 0 Å². The first-order chi connectivity index (χ1) is 7.85. The first kappa shape index (κ1) is 12.3. The van der Waals surface area contributed by atoms with Crippen LogP contribution in [0.2, 0.25) is 0 Å². The van der Waals surface area contributed by atoms with Crippen LogP contribution in [-0.2, 0) is 0 Å². The van der Waals surface area contributed by atoms with Gasteiger partial charge in [-0.05, 0) is 45.2 Å². The highest BCUT2D eigenvalue weighted by Crippen LogP contribution is 2.36. The van der Waals surface area contributed by atoms with E-state index in [1.165, 1.54) is 38.6 Å². The number of hydrogen-bond donors (Lipinski definition) is 2. The average molecular weight is 226 g/mol. The maximum absolute atomic E-state index is 9.15. The molecule has 1 aliphatic heterocycles. The van der Waals surface area contributed by atoms with E-state index in [1.54, 1.807) is 0 Å². The van der Waals surface area contributed by atoms with Crippen LogP contribution >= 0.6 is 0 Å². The number of aliphatic hydroxyl groups excluding tert-OH is 1. The van der Waals surface area contributed by atoms with Crippen molar-refractivity contribution in [2.24, 2.45) is 5.92 Å². The molecule has 0 radical (unpaired) electrons. The van der Waals surface area contributed by atoms with E-state index < -0.39 is 0 Å². The third-order valence-corrected chi connectivity index (χ3v) is 4.52. The normalized spacial score (nSPS) is 32.6. The molecule has 16 heavy (non-hydrogen) atoms. The molecule has 2 aliphatic rings. The van der Waals surface area contributed by atoms with Gasteiger partial charge in [0.05, 0.1) is 6.61 Å². The molecule has 3 heteroatoms. The van der Waals surface area contributed by atoms with E-state index in [2.05, 4.69) is 10.2 Å². The summed E-state index contributed by atoms with van der Waals surface area (Å²) < 4.78 is 0. The Morgan fingerprint density at radius 2 is 2.12 bits per heavy atom. The second-order valence-corrected chi connectivity index (χ2v) is 5.39. The van der Waals surface area contributed by atoms with Gasteiger partial charge in [0.1, 0.15) is 0 Å². The number of likely N-dealkylation sites (tertiary alicyclic amines) is 1. The predicted octanol–water partition coefficient (Wildman–Crippen LogP) is 1.22. The Labute approximate surface area is 99.2 Å². The number of nitrogens with one attached hydrogen (secondary N) is 1. The Hall–Kier alpha value is -0.120. The highest BCUT2D eigenvalue weighted by atomic mass is 16.3. The van der Waals surface area contributed by atoms with Gasteiger partial charge in [-0.15, -0.1) is 0 Å². The van der Waals surface area contributed by atoms with Gasteiger partial charge in [-0.25, -0.2) is 0 Å². The van der Waals surface area contributed by atoms with Crippen LogP contribution in [0.25, 0.3) is 0 Å². The molecule has 0 aromatic rings. The highest BCUT2D eigenvalue weighted by molar-refractivity contribution is 4.90. The molecular formula is C13H26N2O. The summed E-state index contributed by atoms with van der Waals surface area (Å²) in [6.07, 6.45) is 8.23. The SMILES string of the molecule is CNC(CO)CCN1CCC2CCCCC21. The molecule has 1 heterocycles. The molecule has 2 rings (SSSR count). The number of aliphatic hydroxyl groups is 1. The predicted molar refractivity (Wildman–Crippen MR) is 66.5 cm³/mol. The fourth-order valence-corrected chi connectivity index (χ4v) is 3.43. The maximum Gasteiger partial charge on any atom is 0.0585 e. The third kappa shape index (κ3) is 2.76. The van der Waals surface area contributed by atoms with E-state index in [9.17, 15) is 0 Å². The van der Waals surface area contributed by atoms with Crippen LogP contribution in [-0.4, -0.2) is 48.8 Å². The van der Waals surface area contributed by atoms with Crippen LogP contribution in [0.4, 0.5) is 0 Å². The Morgan fingerprint density at radius 1 is 1.31 bits per heavy atom. The molecule has 3 unspecified atom stereocenters. The number of rotatable bonds is 5. The number of likely N-dealkylation sites (N-methyl/N-ethyl adjacent to an activating group) is 1. The summed E-state index contributed by atoms with van der Waals surface area (Å²) in [6, 6.07) is 1.15. The zero-order chi connectivity index (χ0) is 11.4. The number of fused-ring (bicyclic) bond motifs is 1. The highest BCUT2D eigenvalue weighted by Gasteiger charge is 2.35. The Morgan fingerprint density at radius 3 is 2.88 bits per heavy atom. The number of hydrogen-bond acceptors (Lipinski definition) is 3. The molecule has 0 spiro atoms. The summed E-state index contributed by atoms with van der Waals surface area (Å²) in [6.45, 7) is 2.71. The summed E-state index contributed by atoms with van der Waals surface area (Å²) in [7, 11) is 1.94. The van der Waals surface area contributed by atoms with Gasteiger partial charge in [0.15, 0.2) is 0 Å². The van der Waals surface area contributed by atoms with Crippen molar-refractivity contribution in [1.82, 2.24) is 10.2 Å². The molecule has 94 valence electrons. The van der Waals surface area contributed by atoms with Crippen LogP contribution in [0.1, 0.15) is 38.5 Å². The average Bonchev–Trinajstić information content (AvgIpc) is 2.74. The van der Waals surface area contributed by atoms with Crippen molar-refractivity contribution in [1.29, 1.82) is 0 Å². The van der Waals surface area contributed by atoms with Crippen molar-refractivity contribution >= 4 is 0 Å². The molecule has 2 N–H and O–H groups in total. The van der Waals surface area contributed by atoms with Crippen LogP contribution < -0.4 is 5.32 Å². The first-order valence-corrected chi connectivity index (χ1v) is 6.87. The topological polar surface area (TPSA) is 35.5 Å². The minimum Gasteiger partial charge on any atom is -0.395 e. The summed E-state index contributed by atoms with van der Waals surface area (Å²) in [5.74, 6) is 0.982. The van der Waals surface area contributed by atoms with Gasteiger partial charge in [-0.1, -0.05) is 12.8 Å². The fraction of sp³-hybridized carbons (Fsp3) is 1.00. The second-order valence-electron chi connectivity index (χ2n) is 5.39. The van der Waals surface area contributed by atoms with Gasteiger partial charge in [0.25, 0.3) is 0 Å². The lowest BCUT2D eigenvalue weighted by Gasteiger charge is -2.32. The molecule has 1 saturated carbocycles. The van der Waals surface area contributed by atoms with Crippen molar-refractivity contribution < 1.29 is 5.11 Å². The van der Waals surface area contributed by atoms with E-state index >= 15 is 0 Å². The van der Waals surface area contributed by atoms with Crippen molar-refractivity contribution in [2.75, 3.05) is 26.7 Å². The van der Waals surface area contributed by atoms with E-state index in [0.29, 0.717) is 0 Å². The summed E-state index contributed by atoms with van der Waals surface area (Å²) in [4.78, 5) is 2.67. The van der Waals surface area contributed by atoms with Crippen LogP contribution in [0.15, 0.2) is 0 Å². The summed E-state index contributed by atoms with van der Waals surface area (Å²) in [5.41, 5.74) is 0. The second kappa shape index (κ2) is 5.99. The van der Waals surface area contributed by atoms with Gasteiger partial charge >= 0.3 is 0 Å². The zero-order valence-corrected chi connectivity index (χ0v) is 10.5. The van der Waals surface area contributed by atoms with Crippen molar-refractivity contribution in [2.45, 2.75) is 50.6 Å². The summed E-state index contributed by atoms with van der Waals surface area (Å²) >= 11 is 0. The first-order valence-electron chi connectivity index (χ1n) is 6.87. The van der Waals surface area contributed by atoms with Gasteiger partial charge in [-0.2, -0.15) is 0 Å². The Balaban J connectivity index is 1.77. The molecule has 1 aliphatic carbocycles. The minimum atomic E-state index is 0.262. The molecule has 0 aromatic carbocycles. The molecule has 3 atom stereocenters. The van der Waals surface area contributed by atoms with Gasteiger partial charge < -0.3 is 15.3 Å². The van der Waals surface area contributed by atoms with Gasteiger partial charge in [0, 0.05) is 18.6 Å². The largest absolute Gasteiger partial charge is 0.395 e. The fourth-order valence-electron chi connectivity index (χ4n) is 3.43. The lowest BCUT2D eigenvalue weighted by molar-refractivity contribution is 0.164. The van der Waals surface area contributed by atoms with Gasteiger partial charge in [0.2, 0.25) is 0 Å². The third-order valence-electron chi connectivity index (χ3n) is 4.52. The quantitative estimate of drug-likeness (QED) is 0.740. The molecule has 3 nitrogen and oxygen atoms in total. The zero-order valence-electron chi connectivity index (χ0n) is 10.5. The molecular weight excluding hydrogens is 200 g/mol. The molecule has 0 aromatic heterocycles. The van der Waals surface area contributed by atoms with Crippen LogP contribution in [0.5, 0.6) is 0 Å². The Kier molecular flexibility index (Phi) is 4.62. The molecule has 1 saturated heterocycles. The standard InChI is InChI=1S/C13H26N2O/c1-14-12(10-16)7-9-15-8-6-11-4-2-3-5-13(11)15/h11-14,16H,2-10H2,1H3. The monoisotopic (exact) mass is 226 g/mol.